The molecule has 8 nitrogen and oxygen atoms in total. The van der Waals surface area contributed by atoms with Gasteiger partial charge in [0.25, 0.3) is 5.91 Å². The molecule has 3 heterocycles. The van der Waals surface area contributed by atoms with Crippen LogP contribution in [0, 0.1) is 0 Å². The molecule has 8 heteroatoms. The van der Waals surface area contributed by atoms with E-state index in [1.807, 2.05) is 30.3 Å². The van der Waals surface area contributed by atoms with Crippen molar-refractivity contribution >= 4 is 5.91 Å². The number of hydrogen-bond acceptors (Lipinski definition) is 5. The third-order valence-electron chi connectivity index (χ3n) is 4.53. The standard InChI is InChI=1S/C19H19N5O3/c25-18(24-11-5-4-8-16(24)17-21-19(26)23-22-17)15-10-9-14(12-20-15)27-13-6-2-1-3-7-13/h1-3,6-7,9-10,12,16H,4-5,8,11H2,(H2,21,22,23,26)/t16-/m1/s1. The van der Waals surface area contributed by atoms with Gasteiger partial charge in [-0.25, -0.2) is 14.9 Å². The third-order valence-corrected chi connectivity index (χ3v) is 4.53. The fourth-order valence-electron chi connectivity index (χ4n) is 3.24. The van der Waals surface area contributed by atoms with Crippen LogP contribution in [-0.2, 0) is 0 Å². The van der Waals surface area contributed by atoms with Gasteiger partial charge < -0.3 is 9.64 Å². The van der Waals surface area contributed by atoms with Gasteiger partial charge in [0.2, 0.25) is 0 Å². The molecule has 0 spiro atoms. The summed E-state index contributed by atoms with van der Waals surface area (Å²) in [6, 6.07) is 12.5. The van der Waals surface area contributed by atoms with Crippen molar-refractivity contribution in [3.05, 3.63) is 70.7 Å². The molecule has 2 aromatic heterocycles. The maximum Gasteiger partial charge on any atom is 0.340 e. The third kappa shape index (κ3) is 3.74. The number of aromatic nitrogens is 4. The summed E-state index contributed by atoms with van der Waals surface area (Å²) < 4.78 is 5.71. The summed E-state index contributed by atoms with van der Waals surface area (Å²) in [5, 5.41) is 6.36. The molecule has 1 atom stereocenters. The minimum absolute atomic E-state index is 0.185. The van der Waals surface area contributed by atoms with Crippen molar-refractivity contribution < 1.29 is 9.53 Å². The number of benzene rings is 1. The number of likely N-dealkylation sites (tertiary alicyclic amines) is 1. The molecule has 138 valence electrons. The number of para-hydroxylation sites is 1. The Hall–Kier alpha value is -3.42. The lowest BCUT2D eigenvalue weighted by atomic mass is 10.0. The van der Waals surface area contributed by atoms with Crippen LogP contribution in [0.4, 0.5) is 0 Å². The summed E-state index contributed by atoms with van der Waals surface area (Å²) in [6.07, 6.45) is 4.17. The molecule has 0 bridgehead atoms. The number of pyridine rings is 1. The van der Waals surface area contributed by atoms with E-state index in [0.717, 1.165) is 19.3 Å². The van der Waals surface area contributed by atoms with E-state index in [1.54, 1.807) is 17.0 Å². The van der Waals surface area contributed by atoms with Crippen LogP contribution >= 0.6 is 0 Å². The summed E-state index contributed by atoms with van der Waals surface area (Å²) in [6.45, 7) is 0.600. The van der Waals surface area contributed by atoms with Crippen LogP contribution in [0.15, 0.2) is 53.5 Å². The highest BCUT2D eigenvalue weighted by molar-refractivity contribution is 5.92. The van der Waals surface area contributed by atoms with E-state index in [2.05, 4.69) is 20.2 Å². The Morgan fingerprint density at radius 3 is 2.67 bits per heavy atom. The number of nitrogens with zero attached hydrogens (tertiary/aromatic N) is 3. The smallest absolute Gasteiger partial charge is 0.340 e. The van der Waals surface area contributed by atoms with Gasteiger partial charge in [0.05, 0.1) is 12.2 Å². The highest BCUT2D eigenvalue weighted by atomic mass is 16.5. The minimum atomic E-state index is -0.372. The van der Waals surface area contributed by atoms with Gasteiger partial charge >= 0.3 is 5.69 Å². The van der Waals surface area contributed by atoms with Gasteiger partial charge in [-0.1, -0.05) is 18.2 Å². The SMILES string of the molecule is O=C(c1ccc(Oc2ccccc2)cn1)N1CCCC[C@@H]1c1n[nH]c(=O)[nH]1. The molecular weight excluding hydrogens is 346 g/mol. The molecular formula is C19H19N5O3. The molecule has 0 radical (unpaired) electrons. The van der Waals surface area contributed by atoms with E-state index in [4.69, 9.17) is 4.74 Å². The monoisotopic (exact) mass is 365 g/mol. The molecule has 1 fully saturated rings. The van der Waals surface area contributed by atoms with Gasteiger partial charge in [-0.2, -0.15) is 5.10 Å². The Balaban J connectivity index is 1.51. The summed E-state index contributed by atoms with van der Waals surface area (Å²) >= 11 is 0. The van der Waals surface area contributed by atoms with Gasteiger partial charge in [-0.15, -0.1) is 0 Å². The topological polar surface area (TPSA) is 104 Å². The quantitative estimate of drug-likeness (QED) is 0.740. The molecule has 4 rings (SSSR count). The van der Waals surface area contributed by atoms with Gasteiger partial charge in [0.1, 0.15) is 17.2 Å². The number of piperidine rings is 1. The fraction of sp³-hybridized carbons (Fsp3) is 0.263. The van der Waals surface area contributed by atoms with Crippen LogP contribution in [0.2, 0.25) is 0 Å². The Morgan fingerprint density at radius 1 is 1.11 bits per heavy atom. The number of rotatable bonds is 4. The summed E-state index contributed by atoms with van der Waals surface area (Å²) in [7, 11) is 0. The van der Waals surface area contributed by atoms with Crippen LogP contribution in [0.5, 0.6) is 11.5 Å². The van der Waals surface area contributed by atoms with Crippen LogP contribution in [0.3, 0.4) is 0 Å². The first-order chi connectivity index (χ1) is 13.2. The predicted octanol–water partition coefficient (Wildman–Crippen LogP) is 2.65. The van der Waals surface area contributed by atoms with Gasteiger partial charge in [0, 0.05) is 6.54 Å². The number of H-pyrrole nitrogens is 2. The number of carbonyl (C=O) groups excluding carboxylic acids is 1. The molecule has 1 aliphatic rings. The van der Waals surface area contributed by atoms with Crippen LogP contribution in [-0.4, -0.2) is 37.5 Å². The molecule has 27 heavy (non-hydrogen) atoms. The van der Waals surface area contributed by atoms with Gasteiger partial charge in [-0.3, -0.25) is 9.78 Å². The van der Waals surface area contributed by atoms with Crippen molar-refractivity contribution in [3.63, 3.8) is 0 Å². The Bertz CT molecular complexity index is 965. The first-order valence-corrected chi connectivity index (χ1v) is 8.85. The van der Waals surface area contributed by atoms with E-state index < -0.39 is 0 Å². The van der Waals surface area contributed by atoms with Crippen molar-refractivity contribution in [2.24, 2.45) is 0 Å². The van der Waals surface area contributed by atoms with Gasteiger partial charge in [-0.05, 0) is 43.5 Å². The molecule has 1 amide bonds. The van der Waals surface area contributed by atoms with Gasteiger partial charge in [0.15, 0.2) is 5.82 Å². The second-order valence-electron chi connectivity index (χ2n) is 6.37. The predicted molar refractivity (Wildman–Crippen MR) is 97.6 cm³/mol. The molecule has 0 saturated carbocycles. The zero-order valence-corrected chi connectivity index (χ0v) is 14.6. The number of hydrogen-bond donors (Lipinski definition) is 2. The maximum atomic E-state index is 13.0. The van der Waals surface area contributed by atoms with Crippen LogP contribution in [0.1, 0.15) is 41.6 Å². The van der Waals surface area contributed by atoms with Crippen molar-refractivity contribution in [1.29, 1.82) is 0 Å². The van der Waals surface area contributed by atoms with E-state index in [-0.39, 0.29) is 17.6 Å². The number of aromatic amines is 2. The Kier molecular flexibility index (Phi) is 4.69. The van der Waals surface area contributed by atoms with Crippen molar-refractivity contribution in [2.75, 3.05) is 6.54 Å². The lowest BCUT2D eigenvalue weighted by Crippen LogP contribution is -2.39. The second kappa shape index (κ2) is 7.45. The molecule has 3 aromatic rings. The zero-order chi connectivity index (χ0) is 18.6. The molecule has 0 aliphatic carbocycles. The average Bonchev–Trinajstić information content (AvgIpc) is 3.15. The summed E-state index contributed by atoms with van der Waals surface area (Å²) in [4.78, 5) is 33.0. The Labute approximate surface area is 155 Å². The summed E-state index contributed by atoms with van der Waals surface area (Å²) in [5.41, 5.74) is -0.0382. The second-order valence-corrected chi connectivity index (χ2v) is 6.37. The molecule has 1 aromatic carbocycles. The fourth-order valence-corrected chi connectivity index (χ4v) is 3.24. The van der Waals surface area contributed by atoms with E-state index in [1.165, 1.54) is 6.20 Å². The van der Waals surface area contributed by atoms with Crippen molar-refractivity contribution in [1.82, 2.24) is 25.1 Å². The minimum Gasteiger partial charge on any atom is -0.456 e. The Morgan fingerprint density at radius 2 is 1.96 bits per heavy atom. The van der Waals surface area contributed by atoms with E-state index in [0.29, 0.717) is 29.6 Å². The number of nitrogens with one attached hydrogen (secondary N) is 2. The molecule has 1 saturated heterocycles. The summed E-state index contributed by atoms with van der Waals surface area (Å²) in [5.74, 6) is 1.56. The number of amides is 1. The lowest BCUT2D eigenvalue weighted by Gasteiger charge is -2.34. The van der Waals surface area contributed by atoms with Crippen molar-refractivity contribution in [3.8, 4) is 11.5 Å². The molecule has 2 N–H and O–H groups in total. The highest BCUT2D eigenvalue weighted by Gasteiger charge is 2.31. The number of ether oxygens (including phenoxy) is 1. The van der Waals surface area contributed by atoms with Crippen LogP contribution in [0.25, 0.3) is 0 Å². The zero-order valence-electron chi connectivity index (χ0n) is 14.6. The van der Waals surface area contributed by atoms with Crippen molar-refractivity contribution in [2.45, 2.75) is 25.3 Å². The normalized spacial score (nSPS) is 16.9. The highest BCUT2D eigenvalue weighted by Crippen LogP contribution is 2.29. The lowest BCUT2D eigenvalue weighted by molar-refractivity contribution is 0.0594. The largest absolute Gasteiger partial charge is 0.456 e. The maximum absolute atomic E-state index is 13.0. The number of carbonyl (C=O) groups is 1. The first kappa shape index (κ1) is 17.0. The van der Waals surface area contributed by atoms with Crippen LogP contribution < -0.4 is 10.4 Å². The van der Waals surface area contributed by atoms with E-state index in [9.17, 15) is 9.59 Å². The first-order valence-electron chi connectivity index (χ1n) is 8.85. The molecule has 0 unspecified atom stereocenters. The van der Waals surface area contributed by atoms with E-state index >= 15 is 0 Å². The molecule has 1 aliphatic heterocycles. The average molecular weight is 365 g/mol.